The first-order valence-corrected chi connectivity index (χ1v) is 7.98. The van der Waals surface area contributed by atoms with Crippen LogP contribution < -0.4 is 4.90 Å². The summed E-state index contributed by atoms with van der Waals surface area (Å²) in [6, 6.07) is 2.53. The summed E-state index contributed by atoms with van der Waals surface area (Å²) in [5, 5.41) is -1.32. The third kappa shape index (κ3) is 3.13. The fourth-order valence-electron chi connectivity index (χ4n) is 2.11. The largest absolute Gasteiger partial charge is 0.421 e. The molecule has 0 radical (unpaired) electrons. The van der Waals surface area contributed by atoms with Gasteiger partial charge < -0.3 is 4.90 Å². The molecule has 1 aromatic rings. The molecule has 1 saturated heterocycles. The summed E-state index contributed by atoms with van der Waals surface area (Å²) >= 11 is 0. The van der Waals surface area contributed by atoms with Gasteiger partial charge in [0, 0.05) is 23.6 Å². The van der Waals surface area contributed by atoms with Crippen molar-refractivity contribution in [3.8, 4) is 0 Å². The predicted octanol–water partition coefficient (Wildman–Crippen LogP) is 2.52. The summed E-state index contributed by atoms with van der Waals surface area (Å²) in [6.07, 6.45) is -5.56. The van der Waals surface area contributed by atoms with E-state index in [2.05, 4.69) is 0 Å². The lowest BCUT2D eigenvalue weighted by atomic mass is 10.1. The molecular formula is C11H8ClF4NO3S. The van der Waals surface area contributed by atoms with Gasteiger partial charge in [0.25, 0.3) is 0 Å². The zero-order valence-electron chi connectivity index (χ0n) is 10.2. The second-order valence-electron chi connectivity index (χ2n) is 4.44. The third-order valence-electron chi connectivity index (χ3n) is 3.05. The molecule has 4 nitrogen and oxygen atoms in total. The van der Waals surface area contributed by atoms with Crippen LogP contribution in [0.5, 0.6) is 0 Å². The van der Waals surface area contributed by atoms with E-state index in [0.29, 0.717) is 11.0 Å². The van der Waals surface area contributed by atoms with E-state index in [1.54, 1.807) is 0 Å². The maximum absolute atomic E-state index is 13.5. The number of benzene rings is 1. The minimum Gasteiger partial charge on any atom is -0.310 e. The van der Waals surface area contributed by atoms with E-state index in [4.69, 9.17) is 10.7 Å². The average molecular weight is 346 g/mol. The van der Waals surface area contributed by atoms with Crippen molar-refractivity contribution in [3.63, 3.8) is 0 Å². The number of carbonyl (C=O) groups is 1. The van der Waals surface area contributed by atoms with E-state index in [0.717, 1.165) is 12.1 Å². The van der Waals surface area contributed by atoms with Crippen LogP contribution in [0.15, 0.2) is 18.2 Å². The summed E-state index contributed by atoms with van der Waals surface area (Å²) in [4.78, 5) is 12.3. The lowest BCUT2D eigenvalue weighted by molar-refractivity contribution is -0.139. The van der Waals surface area contributed by atoms with E-state index in [1.807, 2.05) is 0 Å². The molecule has 0 aliphatic carbocycles. The van der Waals surface area contributed by atoms with Crippen molar-refractivity contribution < 1.29 is 30.8 Å². The molecule has 1 aromatic carbocycles. The minimum absolute atomic E-state index is 0.542. The zero-order chi connectivity index (χ0) is 16.0. The molecule has 1 aliphatic heterocycles. The first-order chi connectivity index (χ1) is 9.51. The second-order valence-corrected chi connectivity index (χ2v) is 7.35. The van der Waals surface area contributed by atoms with Crippen LogP contribution in [0.4, 0.5) is 23.2 Å². The molecule has 1 atom stereocenters. The van der Waals surface area contributed by atoms with Crippen LogP contribution in [0.3, 0.4) is 0 Å². The molecule has 116 valence electrons. The minimum atomic E-state index is -5.01. The molecule has 0 aromatic heterocycles. The summed E-state index contributed by atoms with van der Waals surface area (Å²) in [7, 11) is 1.02. The standard InChI is InChI=1S/C11H8ClF4NO3S/c12-21(19,20)6-4-9(18)17(5-6)8-3-1-2-7(13)10(8)11(14,15)16/h1-3,6H,4-5H2. The Morgan fingerprint density at radius 1 is 1.29 bits per heavy atom. The number of alkyl halides is 3. The van der Waals surface area contributed by atoms with Crippen molar-refractivity contribution in [2.45, 2.75) is 17.8 Å². The van der Waals surface area contributed by atoms with Crippen LogP contribution in [0.2, 0.25) is 0 Å². The number of carbonyl (C=O) groups excluding carboxylic acids is 1. The number of hydrogen-bond donors (Lipinski definition) is 0. The van der Waals surface area contributed by atoms with Gasteiger partial charge >= 0.3 is 6.18 Å². The molecule has 21 heavy (non-hydrogen) atoms. The van der Waals surface area contributed by atoms with Gasteiger partial charge in [-0.15, -0.1) is 0 Å². The third-order valence-corrected chi connectivity index (χ3v) is 4.92. The van der Waals surface area contributed by atoms with Crippen molar-refractivity contribution in [2.75, 3.05) is 11.4 Å². The van der Waals surface area contributed by atoms with Crippen molar-refractivity contribution in [2.24, 2.45) is 0 Å². The molecule has 1 aliphatic rings. The van der Waals surface area contributed by atoms with E-state index < -0.39 is 56.4 Å². The van der Waals surface area contributed by atoms with Gasteiger partial charge in [-0.25, -0.2) is 12.8 Å². The highest BCUT2D eigenvalue weighted by Gasteiger charge is 2.43. The van der Waals surface area contributed by atoms with Crippen molar-refractivity contribution >= 4 is 31.3 Å². The molecule has 1 heterocycles. The van der Waals surface area contributed by atoms with Gasteiger partial charge in [0.05, 0.1) is 5.69 Å². The SMILES string of the molecule is O=C1CC(S(=O)(=O)Cl)CN1c1cccc(F)c1C(F)(F)F. The van der Waals surface area contributed by atoms with E-state index in [1.165, 1.54) is 0 Å². The second kappa shape index (κ2) is 5.13. The van der Waals surface area contributed by atoms with E-state index >= 15 is 0 Å². The Balaban J connectivity index is 2.49. The van der Waals surface area contributed by atoms with Crippen LogP contribution >= 0.6 is 10.7 Å². The Morgan fingerprint density at radius 3 is 2.38 bits per heavy atom. The maximum Gasteiger partial charge on any atom is 0.421 e. The van der Waals surface area contributed by atoms with Crippen molar-refractivity contribution in [3.05, 3.63) is 29.6 Å². The van der Waals surface area contributed by atoms with Crippen molar-refractivity contribution in [1.82, 2.24) is 0 Å². The normalized spacial score (nSPS) is 20.1. The van der Waals surface area contributed by atoms with Crippen LogP contribution in [-0.4, -0.2) is 26.1 Å². The fourth-order valence-corrected chi connectivity index (χ4v) is 3.14. The molecule has 1 unspecified atom stereocenters. The Kier molecular flexibility index (Phi) is 3.92. The molecule has 1 fully saturated rings. The first-order valence-electron chi connectivity index (χ1n) is 5.61. The quantitative estimate of drug-likeness (QED) is 0.611. The van der Waals surface area contributed by atoms with Crippen molar-refractivity contribution in [1.29, 1.82) is 0 Å². The van der Waals surface area contributed by atoms with Gasteiger partial charge in [0.1, 0.15) is 16.6 Å². The van der Waals surface area contributed by atoms with Crippen LogP contribution in [-0.2, 0) is 20.0 Å². The molecule has 10 heteroatoms. The smallest absolute Gasteiger partial charge is 0.310 e. The highest BCUT2D eigenvalue weighted by Crippen LogP contribution is 2.40. The molecular weight excluding hydrogens is 338 g/mol. The number of anilines is 1. The van der Waals surface area contributed by atoms with Gasteiger partial charge in [0.15, 0.2) is 0 Å². The lowest BCUT2D eigenvalue weighted by Gasteiger charge is -2.21. The zero-order valence-corrected chi connectivity index (χ0v) is 11.8. The van der Waals surface area contributed by atoms with E-state index in [9.17, 15) is 30.8 Å². The van der Waals surface area contributed by atoms with Gasteiger partial charge in [0.2, 0.25) is 15.0 Å². The summed E-state index contributed by atoms with van der Waals surface area (Å²) in [6.45, 7) is -0.544. The topological polar surface area (TPSA) is 54.5 Å². The molecule has 0 bridgehead atoms. The van der Waals surface area contributed by atoms with E-state index in [-0.39, 0.29) is 0 Å². The fraction of sp³-hybridized carbons (Fsp3) is 0.364. The number of rotatable bonds is 2. The molecule has 0 spiro atoms. The molecule has 2 rings (SSSR count). The average Bonchev–Trinajstić information content (AvgIpc) is 2.69. The summed E-state index contributed by atoms with van der Waals surface area (Å²) in [5.41, 5.74) is -2.32. The number of nitrogens with zero attached hydrogens (tertiary/aromatic N) is 1. The summed E-state index contributed by atoms with van der Waals surface area (Å²) in [5.74, 6) is -2.40. The van der Waals surface area contributed by atoms with Gasteiger partial charge in [-0.3, -0.25) is 4.79 Å². The van der Waals surface area contributed by atoms with Crippen LogP contribution in [0, 0.1) is 5.82 Å². The first kappa shape index (κ1) is 16.0. The van der Waals surface area contributed by atoms with Crippen LogP contribution in [0.25, 0.3) is 0 Å². The predicted molar refractivity (Wildman–Crippen MR) is 66.9 cm³/mol. The lowest BCUT2D eigenvalue weighted by Crippen LogP contribution is -2.29. The van der Waals surface area contributed by atoms with Gasteiger partial charge in [-0.1, -0.05) is 6.07 Å². The number of hydrogen-bond acceptors (Lipinski definition) is 3. The number of halogens is 5. The molecule has 0 N–H and O–H groups in total. The Hall–Kier alpha value is -1.35. The van der Waals surface area contributed by atoms with Gasteiger partial charge in [-0.05, 0) is 12.1 Å². The molecule has 0 saturated carbocycles. The maximum atomic E-state index is 13.5. The Labute approximate surface area is 121 Å². The van der Waals surface area contributed by atoms with Crippen LogP contribution in [0.1, 0.15) is 12.0 Å². The number of amides is 1. The highest BCUT2D eigenvalue weighted by atomic mass is 35.7. The Bertz CT molecular complexity index is 689. The highest BCUT2D eigenvalue weighted by molar-refractivity contribution is 8.14. The Morgan fingerprint density at radius 2 is 1.90 bits per heavy atom. The summed E-state index contributed by atoms with van der Waals surface area (Å²) < 4.78 is 74.5. The molecule has 1 amide bonds. The van der Waals surface area contributed by atoms with Gasteiger partial charge in [-0.2, -0.15) is 13.2 Å². The monoisotopic (exact) mass is 345 g/mol.